The summed E-state index contributed by atoms with van der Waals surface area (Å²) in [6, 6.07) is 7.93. The third-order valence-electron chi connectivity index (χ3n) is 3.28. The number of hydrogen-bond donors (Lipinski definition) is 1. The number of halogens is 1. The molecule has 4 rings (SSSR count). The number of benzene rings is 1. The van der Waals surface area contributed by atoms with Crippen LogP contribution in [0, 0.1) is 0 Å². The lowest BCUT2D eigenvalue weighted by Gasteiger charge is -2.02. The minimum Gasteiger partial charge on any atom is -0.346 e. The molecule has 0 aliphatic rings. The topological polar surface area (TPSA) is 54.5 Å². The molecule has 0 amide bonds. The Hall–Kier alpha value is -2.46. The maximum atomic E-state index is 6.03. The number of hydrogen-bond acceptors (Lipinski definition) is 3. The first-order valence-corrected chi connectivity index (χ1v) is 6.53. The molecule has 4 nitrogen and oxygen atoms in total. The Morgan fingerprint density at radius 1 is 0.950 bits per heavy atom. The van der Waals surface area contributed by atoms with Gasteiger partial charge in [0, 0.05) is 35.7 Å². The summed E-state index contributed by atoms with van der Waals surface area (Å²) >= 11 is 6.03. The number of pyridine rings is 1. The zero-order chi connectivity index (χ0) is 13.5. The van der Waals surface area contributed by atoms with Crippen molar-refractivity contribution in [2.24, 2.45) is 0 Å². The molecule has 0 fully saturated rings. The van der Waals surface area contributed by atoms with Gasteiger partial charge in [0.1, 0.15) is 5.65 Å². The van der Waals surface area contributed by atoms with Gasteiger partial charge in [0.25, 0.3) is 0 Å². The van der Waals surface area contributed by atoms with E-state index >= 15 is 0 Å². The summed E-state index contributed by atoms with van der Waals surface area (Å²) in [6.07, 6.45) is 6.96. The van der Waals surface area contributed by atoms with E-state index in [0.29, 0.717) is 5.02 Å². The van der Waals surface area contributed by atoms with Gasteiger partial charge in [0.2, 0.25) is 0 Å². The molecule has 0 unspecified atom stereocenters. The van der Waals surface area contributed by atoms with E-state index in [1.807, 2.05) is 30.5 Å². The van der Waals surface area contributed by atoms with Crippen LogP contribution in [0.4, 0.5) is 0 Å². The summed E-state index contributed by atoms with van der Waals surface area (Å²) in [6.45, 7) is 0. The highest BCUT2D eigenvalue weighted by molar-refractivity contribution is 6.31. The fourth-order valence-corrected chi connectivity index (χ4v) is 2.51. The molecule has 20 heavy (non-hydrogen) atoms. The Morgan fingerprint density at radius 3 is 2.70 bits per heavy atom. The van der Waals surface area contributed by atoms with Crippen molar-refractivity contribution < 1.29 is 0 Å². The van der Waals surface area contributed by atoms with Crippen molar-refractivity contribution in [2.75, 3.05) is 0 Å². The fourth-order valence-electron chi connectivity index (χ4n) is 2.35. The van der Waals surface area contributed by atoms with E-state index in [4.69, 9.17) is 11.6 Å². The summed E-state index contributed by atoms with van der Waals surface area (Å²) < 4.78 is 0. The van der Waals surface area contributed by atoms with E-state index in [9.17, 15) is 0 Å². The summed E-state index contributed by atoms with van der Waals surface area (Å²) in [5, 5.41) is 1.62. The monoisotopic (exact) mass is 280 g/mol. The molecule has 0 bridgehead atoms. The van der Waals surface area contributed by atoms with Crippen molar-refractivity contribution in [3.05, 3.63) is 54.1 Å². The van der Waals surface area contributed by atoms with Gasteiger partial charge < -0.3 is 4.98 Å². The molecular formula is C15H9ClN4. The molecule has 3 heterocycles. The van der Waals surface area contributed by atoms with Gasteiger partial charge in [-0.2, -0.15) is 0 Å². The smallest absolute Gasteiger partial charge is 0.137 e. The van der Waals surface area contributed by atoms with Gasteiger partial charge in [-0.1, -0.05) is 17.7 Å². The van der Waals surface area contributed by atoms with E-state index in [2.05, 4.69) is 19.9 Å². The van der Waals surface area contributed by atoms with Crippen molar-refractivity contribution in [2.45, 2.75) is 0 Å². The number of fused-ring (bicyclic) bond motifs is 2. The predicted octanol–water partition coefficient (Wildman–Crippen LogP) is 3.83. The van der Waals surface area contributed by atoms with E-state index in [1.54, 1.807) is 18.6 Å². The number of rotatable bonds is 1. The van der Waals surface area contributed by atoms with Crippen LogP contribution in [0.1, 0.15) is 0 Å². The van der Waals surface area contributed by atoms with Gasteiger partial charge in [-0.15, -0.1) is 0 Å². The maximum absolute atomic E-state index is 6.03. The highest BCUT2D eigenvalue weighted by Crippen LogP contribution is 2.30. The molecule has 1 N–H and O–H groups in total. The number of H-pyrrole nitrogens is 1. The average Bonchev–Trinajstić information content (AvgIpc) is 2.89. The number of aromatic amines is 1. The lowest BCUT2D eigenvalue weighted by Crippen LogP contribution is -1.83. The van der Waals surface area contributed by atoms with Gasteiger partial charge in [-0.3, -0.25) is 9.97 Å². The Kier molecular flexibility index (Phi) is 2.44. The van der Waals surface area contributed by atoms with Crippen LogP contribution in [-0.4, -0.2) is 19.9 Å². The normalized spacial score (nSPS) is 11.2. The average molecular weight is 281 g/mol. The molecule has 0 atom stereocenters. The molecule has 96 valence electrons. The molecule has 1 aromatic carbocycles. The second kappa shape index (κ2) is 4.28. The molecule has 5 heteroatoms. The van der Waals surface area contributed by atoms with E-state index in [0.717, 1.165) is 33.2 Å². The van der Waals surface area contributed by atoms with Crippen LogP contribution in [0.25, 0.3) is 33.2 Å². The van der Waals surface area contributed by atoms with Gasteiger partial charge in [-0.25, -0.2) is 4.98 Å². The summed E-state index contributed by atoms with van der Waals surface area (Å²) in [5.41, 5.74) is 4.70. The van der Waals surface area contributed by atoms with Crippen LogP contribution in [0.15, 0.2) is 49.1 Å². The lowest BCUT2D eigenvalue weighted by atomic mass is 10.1. The second-order valence-electron chi connectivity index (χ2n) is 4.51. The van der Waals surface area contributed by atoms with Gasteiger partial charge in [0.05, 0.1) is 16.1 Å². The van der Waals surface area contributed by atoms with Crippen LogP contribution in [-0.2, 0) is 0 Å². The van der Waals surface area contributed by atoms with Crippen LogP contribution < -0.4 is 0 Å². The molecule has 0 saturated carbocycles. The first-order chi connectivity index (χ1) is 9.81. The quantitative estimate of drug-likeness (QED) is 0.576. The Labute approximate surface area is 119 Å². The molecule has 0 aliphatic carbocycles. The fraction of sp³-hybridized carbons (Fsp3) is 0. The zero-order valence-electron chi connectivity index (χ0n) is 10.3. The molecule has 0 radical (unpaired) electrons. The van der Waals surface area contributed by atoms with Crippen molar-refractivity contribution >= 4 is 33.7 Å². The minimum absolute atomic E-state index is 0.624. The van der Waals surface area contributed by atoms with Crippen LogP contribution in [0.2, 0.25) is 5.02 Å². The molecule has 0 spiro atoms. The Balaban J connectivity index is 1.98. The highest BCUT2D eigenvalue weighted by Gasteiger charge is 2.08. The number of nitrogens with zero attached hydrogens (tertiary/aromatic N) is 3. The standard InChI is InChI=1S/C15H9ClN4/c16-10-6-11-12(8-20-15(11)19-7-10)9-1-2-13-14(5-9)18-4-3-17-13/h1-8H,(H,19,20). The van der Waals surface area contributed by atoms with Crippen molar-refractivity contribution in [3.63, 3.8) is 0 Å². The molecule has 3 aromatic heterocycles. The first kappa shape index (κ1) is 11.4. The minimum atomic E-state index is 0.624. The van der Waals surface area contributed by atoms with Crippen LogP contribution in [0.3, 0.4) is 0 Å². The zero-order valence-corrected chi connectivity index (χ0v) is 11.1. The summed E-state index contributed by atoms with van der Waals surface area (Å²) in [5.74, 6) is 0. The predicted molar refractivity (Wildman–Crippen MR) is 79.6 cm³/mol. The maximum Gasteiger partial charge on any atom is 0.137 e. The SMILES string of the molecule is Clc1cnc2[nH]cc(-c3ccc4nccnc4c3)c2c1. The van der Waals surface area contributed by atoms with Gasteiger partial charge in [-0.05, 0) is 23.8 Å². The summed E-state index contributed by atoms with van der Waals surface area (Å²) in [7, 11) is 0. The molecular weight excluding hydrogens is 272 g/mol. The van der Waals surface area contributed by atoms with Crippen molar-refractivity contribution in [1.82, 2.24) is 19.9 Å². The van der Waals surface area contributed by atoms with E-state index in [1.165, 1.54) is 0 Å². The van der Waals surface area contributed by atoms with Crippen LogP contribution >= 0.6 is 11.6 Å². The lowest BCUT2D eigenvalue weighted by molar-refractivity contribution is 1.29. The molecule has 4 aromatic rings. The third-order valence-corrected chi connectivity index (χ3v) is 3.48. The largest absolute Gasteiger partial charge is 0.346 e. The van der Waals surface area contributed by atoms with Crippen LogP contribution in [0.5, 0.6) is 0 Å². The third kappa shape index (κ3) is 1.73. The van der Waals surface area contributed by atoms with E-state index < -0.39 is 0 Å². The Morgan fingerprint density at radius 2 is 1.80 bits per heavy atom. The summed E-state index contributed by atoms with van der Waals surface area (Å²) in [4.78, 5) is 16.0. The van der Waals surface area contributed by atoms with Gasteiger partial charge >= 0.3 is 0 Å². The molecule has 0 aliphatic heterocycles. The second-order valence-corrected chi connectivity index (χ2v) is 4.95. The van der Waals surface area contributed by atoms with Gasteiger partial charge in [0.15, 0.2) is 0 Å². The highest BCUT2D eigenvalue weighted by atomic mass is 35.5. The van der Waals surface area contributed by atoms with Crippen molar-refractivity contribution in [3.8, 4) is 11.1 Å². The molecule has 0 saturated heterocycles. The first-order valence-electron chi connectivity index (χ1n) is 6.15. The number of nitrogens with one attached hydrogen (secondary N) is 1. The van der Waals surface area contributed by atoms with Crippen molar-refractivity contribution in [1.29, 1.82) is 0 Å². The van der Waals surface area contributed by atoms with E-state index in [-0.39, 0.29) is 0 Å². The Bertz CT molecular complexity index is 929. The number of aromatic nitrogens is 4.